The number of imidazole rings is 1. The minimum Gasteiger partial charge on any atom is -0.247 e. The summed E-state index contributed by atoms with van der Waals surface area (Å²) in [4.78, 5) is 3.73. The molecule has 0 aliphatic rings. The number of H-pyrrole nitrogens is 1. The fourth-order valence-electron chi connectivity index (χ4n) is 6.46. The van der Waals surface area contributed by atoms with Gasteiger partial charge in [0.05, 0.1) is 6.04 Å². The van der Waals surface area contributed by atoms with Gasteiger partial charge >= 0.3 is 0 Å². The van der Waals surface area contributed by atoms with Crippen LogP contribution in [0.3, 0.4) is 0 Å². The summed E-state index contributed by atoms with van der Waals surface area (Å²) in [5, 5.41) is 0. The molecule has 40 heavy (non-hydrogen) atoms. The van der Waals surface area contributed by atoms with E-state index in [4.69, 9.17) is 0 Å². The van der Waals surface area contributed by atoms with Crippen molar-refractivity contribution < 1.29 is 4.57 Å². The average Bonchev–Trinajstić information content (AvgIpc) is 3.35. The Morgan fingerprint density at radius 3 is 1.38 bits per heavy atom. The first-order valence-corrected chi connectivity index (χ1v) is 18.7. The van der Waals surface area contributed by atoms with Crippen molar-refractivity contribution in [1.82, 2.24) is 4.98 Å². The Kier molecular flexibility index (Phi) is 25.2. The Bertz CT molecular complexity index is 646. The van der Waals surface area contributed by atoms with Crippen LogP contribution in [0.2, 0.25) is 0 Å². The summed E-state index contributed by atoms with van der Waals surface area (Å²) in [7, 11) is 0. The summed E-state index contributed by atoms with van der Waals surface area (Å²) < 4.78 is 2.73. The molecule has 1 atom stereocenters. The summed E-state index contributed by atoms with van der Waals surface area (Å²) in [5.74, 6) is 2.39. The predicted octanol–water partition coefficient (Wildman–Crippen LogP) is 12.8. The number of unbranched alkanes of at least 4 members (excludes halogenated alkanes) is 21. The average molecular weight is 560 g/mol. The van der Waals surface area contributed by atoms with Crippen molar-refractivity contribution in [1.29, 1.82) is 0 Å². The van der Waals surface area contributed by atoms with Crippen LogP contribution in [0.4, 0.5) is 0 Å². The maximum absolute atomic E-state index is 3.73. The van der Waals surface area contributed by atoms with E-state index in [0.29, 0.717) is 6.04 Å². The second-order valence-electron chi connectivity index (χ2n) is 13.7. The van der Waals surface area contributed by atoms with Crippen molar-refractivity contribution in [3.63, 3.8) is 0 Å². The summed E-state index contributed by atoms with van der Waals surface area (Å²) in [5.41, 5.74) is 1.58. The molecule has 1 aromatic rings. The maximum Gasteiger partial charge on any atom is 0.254 e. The molecule has 0 aliphatic carbocycles. The SMILES string of the molecule is CCCCCCCCc1[nH]cc(CCCCCCCCCCCCCCCC(C)C)[n+]1C(C)CCCCCCC. The lowest BCUT2D eigenvalue weighted by molar-refractivity contribution is -0.732. The molecule has 0 radical (unpaired) electrons. The van der Waals surface area contributed by atoms with E-state index >= 15 is 0 Å². The summed E-state index contributed by atoms with van der Waals surface area (Å²) in [6, 6.07) is 0.637. The zero-order valence-electron chi connectivity index (χ0n) is 28.5. The Labute approximate surface area is 253 Å². The van der Waals surface area contributed by atoms with E-state index in [-0.39, 0.29) is 0 Å². The maximum atomic E-state index is 3.73. The Morgan fingerprint density at radius 1 is 0.500 bits per heavy atom. The fourth-order valence-corrected chi connectivity index (χ4v) is 6.46. The molecule has 2 heteroatoms. The highest BCUT2D eigenvalue weighted by atomic mass is 15.1. The number of hydrogen-bond acceptors (Lipinski definition) is 0. The van der Waals surface area contributed by atoms with Gasteiger partial charge in [-0.2, -0.15) is 0 Å². The molecule has 0 saturated carbocycles. The standard InChI is InChI=1S/C38H74N2/c1-6-8-10-12-25-29-33-38-39-34-37(40(38)36(5)31-27-22-11-9-7-2)32-28-24-21-19-17-15-13-14-16-18-20-23-26-30-35(3)4/h34-36H,6-33H2,1-5H3/p+1. The van der Waals surface area contributed by atoms with E-state index < -0.39 is 0 Å². The lowest BCUT2D eigenvalue weighted by atomic mass is 10.0. The lowest BCUT2D eigenvalue weighted by Crippen LogP contribution is -2.44. The van der Waals surface area contributed by atoms with Crippen molar-refractivity contribution in [2.45, 2.75) is 220 Å². The first-order chi connectivity index (χ1) is 19.6. The largest absolute Gasteiger partial charge is 0.254 e. The van der Waals surface area contributed by atoms with Gasteiger partial charge in [-0.3, -0.25) is 0 Å². The van der Waals surface area contributed by atoms with Crippen LogP contribution in [0.15, 0.2) is 6.20 Å². The van der Waals surface area contributed by atoms with E-state index in [1.54, 1.807) is 5.69 Å². The molecule has 1 aromatic heterocycles. The highest BCUT2D eigenvalue weighted by Gasteiger charge is 2.22. The minimum atomic E-state index is 0.637. The molecule has 1 N–H and O–H groups in total. The number of aromatic nitrogens is 2. The molecule has 1 rings (SSSR count). The topological polar surface area (TPSA) is 19.7 Å². The first kappa shape index (κ1) is 37.2. The summed E-state index contributed by atoms with van der Waals surface area (Å²) in [6.07, 6.45) is 41.6. The molecule has 1 heterocycles. The van der Waals surface area contributed by atoms with Gasteiger partial charge in [-0.1, -0.05) is 169 Å². The van der Waals surface area contributed by atoms with Crippen LogP contribution in [0.1, 0.15) is 219 Å². The number of hydrogen-bond donors (Lipinski definition) is 1. The molecule has 1 unspecified atom stereocenters. The molecule has 0 saturated heterocycles. The van der Waals surface area contributed by atoms with E-state index in [2.05, 4.69) is 50.4 Å². The first-order valence-electron chi connectivity index (χ1n) is 18.7. The second-order valence-corrected chi connectivity index (χ2v) is 13.7. The van der Waals surface area contributed by atoms with Crippen LogP contribution in [-0.2, 0) is 12.8 Å². The van der Waals surface area contributed by atoms with Crippen molar-refractivity contribution >= 4 is 0 Å². The minimum absolute atomic E-state index is 0.637. The fraction of sp³-hybridized carbons (Fsp3) is 0.921. The Balaban J connectivity index is 2.26. The quantitative estimate of drug-likeness (QED) is 0.0714. The summed E-state index contributed by atoms with van der Waals surface area (Å²) in [6.45, 7) is 11.8. The molecule has 0 spiro atoms. The number of rotatable bonds is 30. The highest BCUT2D eigenvalue weighted by molar-refractivity contribution is 4.93. The van der Waals surface area contributed by atoms with E-state index in [1.807, 2.05) is 0 Å². The van der Waals surface area contributed by atoms with Crippen molar-refractivity contribution in [3.8, 4) is 0 Å². The highest BCUT2D eigenvalue weighted by Crippen LogP contribution is 2.18. The third-order valence-corrected chi connectivity index (χ3v) is 9.15. The third kappa shape index (κ3) is 20.1. The zero-order valence-corrected chi connectivity index (χ0v) is 28.5. The van der Waals surface area contributed by atoms with E-state index in [0.717, 1.165) is 5.92 Å². The number of nitrogens with zero attached hydrogens (tertiary/aromatic N) is 1. The number of aryl methyl sites for hydroxylation is 2. The van der Waals surface area contributed by atoms with Crippen molar-refractivity contribution in [2.75, 3.05) is 0 Å². The monoisotopic (exact) mass is 560 g/mol. The van der Waals surface area contributed by atoms with Gasteiger partial charge < -0.3 is 0 Å². The molecule has 0 aromatic carbocycles. The predicted molar refractivity (Wildman–Crippen MR) is 179 cm³/mol. The van der Waals surface area contributed by atoms with Gasteiger partial charge in [0.15, 0.2) is 0 Å². The van der Waals surface area contributed by atoms with Crippen LogP contribution in [-0.4, -0.2) is 4.98 Å². The molecular formula is C38H75N2+. The van der Waals surface area contributed by atoms with Crippen molar-refractivity contribution in [2.24, 2.45) is 5.92 Å². The van der Waals surface area contributed by atoms with Gasteiger partial charge in [-0.25, -0.2) is 9.55 Å². The normalized spacial score (nSPS) is 12.6. The van der Waals surface area contributed by atoms with Gasteiger partial charge in [0, 0.05) is 12.8 Å². The Hall–Kier alpha value is -0.790. The van der Waals surface area contributed by atoms with Crippen LogP contribution < -0.4 is 4.57 Å². The second kappa shape index (κ2) is 27.1. The third-order valence-electron chi connectivity index (χ3n) is 9.15. The number of nitrogens with one attached hydrogen (secondary N) is 1. The van der Waals surface area contributed by atoms with Gasteiger partial charge in [0.25, 0.3) is 5.82 Å². The molecule has 2 nitrogen and oxygen atoms in total. The van der Waals surface area contributed by atoms with E-state index in [1.165, 1.54) is 186 Å². The van der Waals surface area contributed by atoms with Gasteiger partial charge in [0.1, 0.15) is 11.9 Å². The van der Waals surface area contributed by atoms with Crippen LogP contribution in [0.25, 0.3) is 0 Å². The Morgan fingerprint density at radius 2 is 0.900 bits per heavy atom. The van der Waals surface area contributed by atoms with Crippen LogP contribution in [0.5, 0.6) is 0 Å². The molecule has 0 bridgehead atoms. The summed E-state index contributed by atoms with van der Waals surface area (Å²) >= 11 is 0. The number of aromatic amines is 1. The van der Waals surface area contributed by atoms with Gasteiger partial charge in [-0.15, -0.1) is 0 Å². The molecule has 0 fully saturated rings. The van der Waals surface area contributed by atoms with E-state index in [9.17, 15) is 0 Å². The van der Waals surface area contributed by atoms with Crippen LogP contribution >= 0.6 is 0 Å². The van der Waals surface area contributed by atoms with Gasteiger partial charge in [0.2, 0.25) is 0 Å². The molecule has 236 valence electrons. The van der Waals surface area contributed by atoms with Crippen molar-refractivity contribution in [3.05, 3.63) is 17.7 Å². The lowest BCUT2D eigenvalue weighted by Gasteiger charge is -2.14. The van der Waals surface area contributed by atoms with Gasteiger partial charge in [-0.05, 0) is 38.5 Å². The smallest absolute Gasteiger partial charge is 0.247 e. The van der Waals surface area contributed by atoms with Crippen LogP contribution in [0, 0.1) is 5.92 Å². The molecular weight excluding hydrogens is 484 g/mol. The zero-order chi connectivity index (χ0) is 29.1. The molecule has 0 amide bonds. The molecule has 0 aliphatic heterocycles.